The molecule has 134 valence electrons. The molecule has 4 rings (SSSR count). The van der Waals surface area contributed by atoms with Crippen molar-refractivity contribution in [1.29, 1.82) is 0 Å². The molecule has 1 heterocycles. The van der Waals surface area contributed by atoms with Gasteiger partial charge in [-0.1, -0.05) is 60.7 Å². The third-order valence-electron chi connectivity index (χ3n) is 4.55. The summed E-state index contributed by atoms with van der Waals surface area (Å²) in [6.07, 6.45) is 2.33. The Labute approximate surface area is 158 Å². The molecule has 27 heavy (non-hydrogen) atoms. The number of nitrogens with zero attached hydrogens (tertiary/aromatic N) is 1. The molecular weight excluding hydrogens is 337 g/mol. The predicted octanol–water partition coefficient (Wildman–Crippen LogP) is 5.62. The van der Waals surface area contributed by atoms with Crippen molar-refractivity contribution in [3.05, 3.63) is 107 Å². The van der Waals surface area contributed by atoms with Crippen LogP contribution in [0, 0.1) is 0 Å². The van der Waals surface area contributed by atoms with Crippen LogP contribution >= 0.6 is 0 Å². The monoisotopic (exact) mass is 357 g/mol. The standard InChI is InChI=1S/C24H20FNO/c25-23(15-18-7-3-1-4-8-18)24-22-12-11-21(16-20(22)13-14-26-24)27-17-19-9-5-2-6-10-19/h1-12,15-16H,13-14,17H2. The zero-order valence-corrected chi connectivity index (χ0v) is 14.9. The minimum Gasteiger partial charge on any atom is -0.489 e. The average molecular weight is 357 g/mol. The van der Waals surface area contributed by atoms with Crippen LogP contribution in [0.25, 0.3) is 6.08 Å². The number of aliphatic imine (C=N–C) groups is 1. The van der Waals surface area contributed by atoms with Crippen molar-refractivity contribution in [3.63, 3.8) is 0 Å². The van der Waals surface area contributed by atoms with Gasteiger partial charge in [0.25, 0.3) is 0 Å². The maximum atomic E-state index is 14.8. The van der Waals surface area contributed by atoms with Gasteiger partial charge >= 0.3 is 0 Å². The smallest absolute Gasteiger partial charge is 0.149 e. The highest BCUT2D eigenvalue weighted by Crippen LogP contribution is 2.26. The van der Waals surface area contributed by atoms with Gasteiger partial charge in [0.2, 0.25) is 0 Å². The van der Waals surface area contributed by atoms with Gasteiger partial charge < -0.3 is 4.74 Å². The highest BCUT2D eigenvalue weighted by Gasteiger charge is 2.18. The number of rotatable bonds is 5. The van der Waals surface area contributed by atoms with Crippen molar-refractivity contribution in [1.82, 2.24) is 0 Å². The molecule has 0 saturated heterocycles. The van der Waals surface area contributed by atoms with Crippen LogP contribution in [0.15, 0.2) is 89.7 Å². The SMILES string of the molecule is FC(=Cc1ccccc1)C1=NCCc2cc(OCc3ccccc3)ccc21. The Morgan fingerprint density at radius 3 is 2.48 bits per heavy atom. The van der Waals surface area contributed by atoms with E-state index in [1.807, 2.05) is 78.9 Å². The molecular formula is C24H20FNO. The zero-order valence-electron chi connectivity index (χ0n) is 14.9. The van der Waals surface area contributed by atoms with Gasteiger partial charge in [-0.3, -0.25) is 4.99 Å². The Hall–Kier alpha value is -3.20. The molecule has 0 atom stereocenters. The second-order valence-electron chi connectivity index (χ2n) is 6.48. The first-order valence-electron chi connectivity index (χ1n) is 9.07. The number of fused-ring (bicyclic) bond motifs is 1. The third kappa shape index (κ3) is 4.14. The van der Waals surface area contributed by atoms with Crippen molar-refractivity contribution in [2.45, 2.75) is 13.0 Å². The van der Waals surface area contributed by atoms with Gasteiger partial charge in [0.1, 0.15) is 23.9 Å². The fourth-order valence-electron chi connectivity index (χ4n) is 3.18. The average Bonchev–Trinajstić information content (AvgIpc) is 2.73. The first-order valence-corrected chi connectivity index (χ1v) is 9.07. The second-order valence-corrected chi connectivity index (χ2v) is 6.48. The van der Waals surface area contributed by atoms with Crippen LogP contribution < -0.4 is 4.74 Å². The lowest BCUT2D eigenvalue weighted by molar-refractivity contribution is 0.306. The summed E-state index contributed by atoms with van der Waals surface area (Å²) in [6.45, 7) is 1.10. The van der Waals surface area contributed by atoms with Crippen LogP contribution in [-0.2, 0) is 13.0 Å². The van der Waals surface area contributed by atoms with E-state index in [2.05, 4.69) is 4.99 Å². The Bertz CT molecular complexity index is 978. The van der Waals surface area contributed by atoms with E-state index in [9.17, 15) is 4.39 Å². The van der Waals surface area contributed by atoms with Gasteiger partial charge in [0, 0.05) is 12.1 Å². The van der Waals surface area contributed by atoms with Crippen LogP contribution in [0.1, 0.15) is 22.3 Å². The van der Waals surface area contributed by atoms with Crippen LogP contribution in [0.5, 0.6) is 5.75 Å². The van der Waals surface area contributed by atoms with E-state index in [0.717, 1.165) is 34.4 Å². The van der Waals surface area contributed by atoms with Crippen LogP contribution in [0.4, 0.5) is 4.39 Å². The first-order chi connectivity index (χ1) is 13.3. The minimum absolute atomic E-state index is 0.305. The number of ether oxygens (including phenoxy) is 1. The Morgan fingerprint density at radius 1 is 0.963 bits per heavy atom. The summed E-state index contributed by atoms with van der Waals surface area (Å²) in [5.41, 5.74) is 4.29. The fourth-order valence-corrected chi connectivity index (χ4v) is 3.18. The normalized spacial score (nSPS) is 13.7. The number of hydrogen-bond acceptors (Lipinski definition) is 2. The molecule has 3 aromatic rings. The predicted molar refractivity (Wildman–Crippen MR) is 108 cm³/mol. The molecule has 0 bridgehead atoms. The van der Waals surface area contributed by atoms with Crippen LogP contribution in [-0.4, -0.2) is 12.3 Å². The highest BCUT2D eigenvalue weighted by atomic mass is 19.1. The van der Waals surface area contributed by atoms with Crippen molar-refractivity contribution >= 4 is 11.8 Å². The third-order valence-corrected chi connectivity index (χ3v) is 4.55. The summed E-state index contributed by atoms with van der Waals surface area (Å²) in [7, 11) is 0. The molecule has 0 radical (unpaired) electrons. The maximum absolute atomic E-state index is 14.8. The van der Waals surface area contributed by atoms with E-state index in [1.165, 1.54) is 6.08 Å². The summed E-state index contributed by atoms with van der Waals surface area (Å²) in [5.74, 6) is 0.492. The second kappa shape index (κ2) is 8.00. The van der Waals surface area contributed by atoms with Crippen molar-refractivity contribution in [2.24, 2.45) is 4.99 Å². The van der Waals surface area contributed by atoms with Crippen LogP contribution in [0.3, 0.4) is 0 Å². The largest absolute Gasteiger partial charge is 0.489 e. The van der Waals surface area contributed by atoms with Gasteiger partial charge in [0.05, 0.1) is 0 Å². The summed E-state index contributed by atoms with van der Waals surface area (Å²) in [5, 5.41) is 0. The van der Waals surface area contributed by atoms with E-state index >= 15 is 0 Å². The molecule has 0 aliphatic carbocycles. The molecule has 0 aromatic heterocycles. The lowest BCUT2D eigenvalue weighted by Crippen LogP contribution is -2.13. The molecule has 0 N–H and O–H groups in total. The highest BCUT2D eigenvalue weighted by molar-refractivity contribution is 6.14. The number of benzene rings is 3. The summed E-state index contributed by atoms with van der Waals surface area (Å²) in [6, 6.07) is 25.3. The van der Waals surface area contributed by atoms with Gasteiger partial charge in [-0.15, -0.1) is 0 Å². The Morgan fingerprint density at radius 2 is 1.70 bits per heavy atom. The first kappa shape index (κ1) is 17.2. The van der Waals surface area contributed by atoms with E-state index in [-0.39, 0.29) is 5.83 Å². The van der Waals surface area contributed by atoms with Gasteiger partial charge in [-0.25, -0.2) is 4.39 Å². The van der Waals surface area contributed by atoms with Crippen molar-refractivity contribution in [3.8, 4) is 5.75 Å². The molecule has 0 unspecified atom stereocenters. The summed E-state index contributed by atoms with van der Waals surface area (Å²) >= 11 is 0. The number of hydrogen-bond donors (Lipinski definition) is 0. The van der Waals surface area contributed by atoms with Crippen molar-refractivity contribution < 1.29 is 9.13 Å². The molecule has 0 saturated carbocycles. The molecule has 3 aromatic carbocycles. The number of halogens is 1. The van der Waals surface area contributed by atoms with E-state index in [4.69, 9.17) is 4.74 Å². The summed E-state index contributed by atoms with van der Waals surface area (Å²) < 4.78 is 20.7. The van der Waals surface area contributed by atoms with Crippen molar-refractivity contribution in [2.75, 3.05) is 6.54 Å². The van der Waals surface area contributed by atoms with E-state index < -0.39 is 0 Å². The van der Waals surface area contributed by atoms with E-state index in [0.29, 0.717) is 18.9 Å². The minimum atomic E-state index is -0.305. The topological polar surface area (TPSA) is 21.6 Å². The fraction of sp³-hybridized carbons (Fsp3) is 0.125. The Kier molecular flexibility index (Phi) is 5.10. The molecule has 3 heteroatoms. The molecule has 0 amide bonds. The lowest BCUT2D eigenvalue weighted by Gasteiger charge is -2.17. The van der Waals surface area contributed by atoms with Gasteiger partial charge in [0.15, 0.2) is 0 Å². The van der Waals surface area contributed by atoms with Crippen LogP contribution in [0.2, 0.25) is 0 Å². The summed E-state index contributed by atoms with van der Waals surface area (Å²) in [4.78, 5) is 4.42. The molecule has 1 aliphatic rings. The maximum Gasteiger partial charge on any atom is 0.149 e. The molecule has 0 spiro atoms. The van der Waals surface area contributed by atoms with E-state index in [1.54, 1.807) is 0 Å². The quantitative estimate of drug-likeness (QED) is 0.581. The Balaban J connectivity index is 1.54. The lowest BCUT2D eigenvalue weighted by atomic mass is 9.96. The molecule has 1 aliphatic heterocycles. The number of allylic oxidation sites excluding steroid dienone is 1. The van der Waals surface area contributed by atoms with Gasteiger partial charge in [-0.2, -0.15) is 0 Å². The molecule has 2 nitrogen and oxygen atoms in total. The zero-order chi connectivity index (χ0) is 18.5. The van der Waals surface area contributed by atoms with Gasteiger partial charge in [-0.05, 0) is 47.4 Å². The molecule has 0 fully saturated rings.